The van der Waals surface area contributed by atoms with Gasteiger partial charge in [0, 0.05) is 39.8 Å². The van der Waals surface area contributed by atoms with Crippen LogP contribution in [0.1, 0.15) is 18.1 Å². The van der Waals surface area contributed by atoms with E-state index in [0.29, 0.717) is 44.2 Å². The first-order chi connectivity index (χ1) is 13.6. The average Bonchev–Trinajstić information content (AvgIpc) is 2.68. The Morgan fingerprint density at radius 1 is 1.13 bits per heavy atom. The molecule has 1 aliphatic heterocycles. The topological polar surface area (TPSA) is 77.0 Å². The van der Waals surface area contributed by atoms with Gasteiger partial charge in [0.05, 0.1) is 5.75 Å². The van der Waals surface area contributed by atoms with Crippen molar-refractivity contribution in [1.82, 2.24) is 19.8 Å². The summed E-state index contributed by atoms with van der Waals surface area (Å²) in [4.78, 5) is 7.60. The van der Waals surface area contributed by atoms with Crippen LogP contribution >= 0.6 is 24.0 Å². The number of halogens is 4. The minimum atomic E-state index is -4.22. The van der Waals surface area contributed by atoms with Gasteiger partial charge in [-0.25, -0.2) is 13.1 Å². The number of hydrogen-bond acceptors (Lipinski definition) is 4. The molecule has 0 aromatic heterocycles. The summed E-state index contributed by atoms with van der Waals surface area (Å²) in [5, 5.41) is 3.21. The Balaban J connectivity index is 0.00000450. The number of hydrogen-bond donors (Lipinski definition) is 2. The van der Waals surface area contributed by atoms with Crippen LogP contribution in [0.4, 0.5) is 13.2 Å². The maximum Gasteiger partial charge on any atom is 0.403 e. The van der Waals surface area contributed by atoms with Gasteiger partial charge in [0.25, 0.3) is 0 Å². The van der Waals surface area contributed by atoms with Gasteiger partial charge >= 0.3 is 6.18 Å². The van der Waals surface area contributed by atoms with Crippen LogP contribution in [0.5, 0.6) is 0 Å². The number of guanidine groups is 1. The molecule has 1 aromatic rings. The molecule has 2 N–H and O–H groups in total. The van der Waals surface area contributed by atoms with Crippen molar-refractivity contribution >= 4 is 40.0 Å². The van der Waals surface area contributed by atoms with Gasteiger partial charge in [-0.05, 0) is 25.1 Å². The van der Waals surface area contributed by atoms with E-state index in [9.17, 15) is 21.6 Å². The molecule has 0 radical (unpaired) electrons. The van der Waals surface area contributed by atoms with Crippen molar-refractivity contribution in [1.29, 1.82) is 0 Å². The smallest absolute Gasteiger partial charge is 0.352 e. The van der Waals surface area contributed by atoms with Crippen molar-refractivity contribution in [3.63, 3.8) is 0 Å². The minimum absolute atomic E-state index is 0. The Bertz CT molecular complexity index is 795. The van der Waals surface area contributed by atoms with E-state index in [1.54, 1.807) is 19.2 Å². The van der Waals surface area contributed by atoms with E-state index in [1.165, 1.54) is 18.9 Å². The quantitative estimate of drug-likeness (QED) is 0.315. The first-order valence-electron chi connectivity index (χ1n) is 9.31. The van der Waals surface area contributed by atoms with E-state index in [0.717, 1.165) is 5.56 Å². The lowest BCUT2D eigenvalue weighted by Gasteiger charge is -2.39. The fraction of sp³-hybridized carbons (Fsp3) is 0.611. The highest BCUT2D eigenvalue weighted by molar-refractivity contribution is 14.0. The third-order valence-electron chi connectivity index (χ3n) is 4.99. The van der Waals surface area contributed by atoms with Crippen LogP contribution in [0.15, 0.2) is 29.3 Å². The third-order valence-corrected chi connectivity index (χ3v) is 6.32. The van der Waals surface area contributed by atoms with Crippen LogP contribution in [-0.2, 0) is 22.3 Å². The monoisotopic (exact) mass is 563 g/mol. The number of benzene rings is 1. The van der Waals surface area contributed by atoms with E-state index < -0.39 is 22.2 Å². The Hall–Kier alpha value is -1.12. The highest BCUT2D eigenvalue weighted by atomic mass is 127. The van der Waals surface area contributed by atoms with Crippen molar-refractivity contribution < 1.29 is 21.6 Å². The zero-order valence-corrected chi connectivity index (χ0v) is 20.4. The summed E-state index contributed by atoms with van der Waals surface area (Å²) >= 11 is 0. The summed E-state index contributed by atoms with van der Waals surface area (Å²) in [6.07, 6.45) is -4.22. The van der Waals surface area contributed by atoms with Crippen LogP contribution in [0.3, 0.4) is 0 Å². The molecule has 12 heteroatoms. The van der Waals surface area contributed by atoms with Gasteiger partial charge in [-0.2, -0.15) is 13.2 Å². The fourth-order valence-electron chi connectivity index (χ4n) is 3.09. The van der Waals surface area contributed by atoms with Crippen molar-refractivity contribution in [3.8, 4) is 0 Å². The Kier molecular flexibility index (Phi) is 10.3. The predicted molar refractivity (Wildman–Crippen MR) is 122 cm³/mol. The number of nitrogens with zero attached hydrogens (tertiary/aromatic N) is 3. The molecule has 1 aliphatic rings. The molecule has 0 bridgehead atoms. The van der Waals surface area contributed by atoms with Crippen molar-refractivity contribution in [2.75, 3.05) is 40.3 Å². The number of piperazine rings is 1. The average molecular weight is 563 g/mol. The molecule has 172 valence electrons. The Morgan fingerprint density at radius 2 is 1.67 bits per heavy atom. The van der Waals surface area contributed by atoms with Crippen LogP contribution < -0.4 is 10.0 Å². The summed E-state index contributed by atoms with van der Waals surface area (Å²) in [6.45, 7) is 3.22. The largest absolute Gasteiger partial charge is 0.403 e. The number of rotatable bonds is 6. The lowest BCUT2D eigenvalue weighted by atomic mass is 10.1. The second-order valence-corrected chi connectivity index (χ2v) is 8.85. The van der Waals surface area contributed by atoms with Gasteiger partial charge in [-0.15, -0.1) is 24.0 Å². The molecule has 1 fully saturated rings. The lowest BCUT2D eigenvalue weighted by Crippen LogP contribution is -2.56. The minimum Gasteiger partial charge on any atom is -0.352 e. The Labute approximate surface area is 193 Å². The third kappa shape index (κ3) is 7.85. The van der Waals surface area contributed by atoms with Crippen molar-refractivity contribution in [2.45, 2.75) is 31.4 Å². The molecule has 0 spiro atoms. The van der Waals surface area contributed by atoms with E-state index in [4.69, 9.17) is 0 Å². The lowest BCUT2D eigenvalue weighted by molar-refractivity contribution is -0.181. The molecule has 1 unspecified atom stereocenters. The molecule has 2 rings (SSSR count). The Morgan fingerprint density at radius 3 is 2.13 bits per heavy atom. The molecule has 7 nitrogen and oxygen atoms in total. The summed E-state index contributed by atoms with van der Waals surface area (Å²) in [6, 6.07) is 5.73. The fourth-order valence-corrected chi connectivity index (χ4v) is 3.86. The molecule has 1 atom stereocenters. The van der Waals surface area contributed by atoms with E-state index in [1.807, 2.05) is 17.0 Å². The number of alkyl halides is 3. The molecule has 0 amide bonds. The second-order valence-electron chi connectivity index (χ2n) is 6.92. The van der Waals surface area contributed by atoms with Crippen LogP contribution in [0, 0.1) is 0 Å². The maximum atomic E-state index is 12.9. The van der Waals surface area contributed by atoms with Gasteiger partial charge in [0.2, 0.25) is 10.0 Å². The maximum absolute atomic E-state index is 12.9. The van der Waals surface area contributed by atoms with E-state index in [2.05, 4.69) is 15.0 Å². The number of nitrogens with one attached hydrogen (secondary N) is 2. The standard InChI is InChI=1S/C18H28F3N5O2S.HI/c1-14(18(19,20)21)25-8-10-26(11-9-25)17(22-2)24-12-15-4-6-16(7-5-15)13-29(27,28)23-3;/h4-7,14,23H,8-13H2,1-3H3,(H,22,24);1H. The first-order valence-corrected chi connectivity index (χ1v) is 11.0. The number of aliphatic imine (C=N–C) groups is 1. The van der Waals surface area contributed by atoms with Gasteiger partial charge in [-0.1, -0.05) is 24.3 Å². The van der Waals surface area contributed by atoms with E-state index in [-0.39, 0.29) is 29.7 Å². The normalized spacial score (nSPS) is 17.4. The van der Waals surface area contributed by atoms with Gasteiger partial charge in [0.15, 0.2) is 5.96 Å². The zero-order valence-electron chi connectivity index (χ0n) is 17.2. The molecule has 30 heavy (non-hydrogen) atoms. The predicted octanol–water partition coefficient (Wildman–Crippen LogP) is 2.00. The van der Waals surface area contributed by atoms with E-state index >= 15 is 0 Å². The van der Waals surface area contributed by atoms with Crippen LogP contribution in [0.2, 0.25) is 0 Å². The molecular weight excluding hydrogens is 534 g/mol. The molecule has 0 aliphatic carbocycles. The van der Waals surface area contributed by atoms with Gasteiger partial charge < -0.3 is 10.2 Å². The summed E-state index contributed by atoms with van der Waals surface area (Å²) in [5.41, 5.74) is 1.63. The van der Waals surface area contributed by atoms with Gasteiger partial charge in [0.1, 0.15) is 6.04 Å². The molecule has 1 saturated heterocycles. The molecular formula is C18H29F3IN5O2S. The molecule has 1 aromatic carbocycles. The zero-order chi connectivity index (χ0) is 21.7. The second kappa shape index (κ2) is 11.5. The summed E-state index contributed by atoms with van der Waals surface area (Å²) in [5.74, 6) is 0.547. The summed E-state index contributed by atoms with van der Waals surface area (Å²) < 4.78 is 64.1. The van der Waals surface area contributed by atoms with Gasteiger partial charge in [-0.3, -0.25) is 9.89 Å². The highest BCUT2D eigenvalue weighted by Gasteiger charge is 2.41. The van der Waals surface area contributed by atoms with Crippen molar-refractivity contribution in [3.05, 3.63) is 35.4 Å². The first kappa shape index (κ1) is 26.9. The summed E-state index contributed by atoms with van der Waals surface area (Å²) in [7, 11) is -0.300. The molecule has 0 saturated carbocycles. The SMILES string of the molecule is CN=C(NCc1ccc(CS(=O)(=O)NC)cc1)N1CCN(C(C)C(F)(F)F)CC1.I. The van der Waals surface area contributed by atoms with Crippen LogP contribution in [-0.4, -0.2) is 76.7 Å². The molecule has 1 heterocycles. The highest BCUT2D eigenvalue weighted by Crippen LogP contribution is 2.25. The van der Waals surface area contributed by atoms with Crippen LogP contribution in [0.25, 0.3) is 0 Å². The van der Waals surface area contributed by atoms with Crippen molar-refractivity contribution in [2.24, 2.45) is 4.99 Å². The number of sulfonamides is 1.